The molecule has 96 valence electrons. The van der Waals surface area contributed by atoms with Crippen LogP contribution in [0.25, 0.3) is 0 Å². The Hall–Kier alpha value is -0.800. The number of halogens is 1. The van der Waals surface area contributed by atoms with Crippen molar-refractivity contribution in [2.75, 3.05) is 24.5 Å². The molecule has 0 bridgehead atoms. The van der Waals surface area contributed by atoms with E-state index in [2.05, 4.69) is 30.7 Å². The van der Waals surface area contributed by atoms with Crippen LogP contribution >= 0.6 is 11.6 Å². The number of pyridine rings is 1. The molecule has 0 aromatic carbocycles. The fourth-order valence-corrected chi connectivity index (χ4v) is 1.79. The monoisotopic (exact) mass is 255 g/mol. The summed E-state index contributed by atoms with van der Waals surface area (Å²) in [7, 11) is 0. The summed E-state index contributed by atoms with van der Waals surface area (Å²) in [5, 5.41) is 0.670. The fourth-order valence-electron chi connectivity index (χ4n) is 1.68. The molecule has 0 atom stereocenters. The molecule has 0 saturated carbocycles. The maximum Gasteiger partial charge on any atom is 0.128 e. The summed E-state index contributed by atoms with van der Waals surface area (Å²) < 4.78 is 0. The van der Waals surface area contributed by atoms with E-state index in [9.17, 15) is 0 Å². The molecule has 0 fully saturated rings. The van der Waals surface area contributed by atoms with Gasteiger partial charge in [-0.05, 0) is 30.5 Å². The van der Waals surface area contributed by atoms with E-state index in [1.54, 1.807) is 6.20 Å². The number of aromatic nitrogens is 1. The third-order valence-corrected chi connectivity index (χ3v) is 2.92. The van der Waals surface area contributed by atoms with E-state index in [4.69, 9.17) is 17.3 Å². The first-order valence-electron chi connectivity index (χ1n) is 6.05. The zero-order valence-corrected chi connectivity index (χ0v) is 11.7. The Bertz CT molecular complexity index is 335. The predicted molar refractivity (Wildman–Crippen MR) is 74.6 cm³/mol. The highest BCUT2D eigenvalue weighted by atomic mass is 35.5. The lowest BCUT2D eigenvalue weighted by atomic mass is 9.93. The van der Waals surface area contributed by atoms with Crippen molar-refractivity contribution in [3.8, 4) is 0 Å². The summed E-state index contributed by atoms with van der Waals surface area (Å²) in [6.45, 7) is 9.07. The number of anilines is 1. The van der Waals surface area contributed by atoms with Gasteiger partial charge < -0.3 is 10.6 Å². The van der Waals surface area contributed by atoms with Crippen molar-refractivity contribution in [3.05, 3.63) is 23.4 Å². The van der Waals surface area contributed by atoms with E-state index in [1.165, 1.54) is 0 Å². The van der Waals surface area contributed by atoms with Crippen LogP contribution in [-0.2, 0) is 0 Å². The molecule has 0 unspecified atom stereocenters. The lowest BCUT2D eigenvalue weighted by Crippen LogP contribution is -2.39. The maximum atomic E-state index is 5.85. The smallest absolute Gasteiger partial charge is 0.128 e. The van der Waals surface area contributed by atoms with E-state index >= 15 is 0 Å². The van der Waals surface area contributed by atoms with Crippen LogP contribution in [0.3, 0.4) is 0 Å². The molecule has 0 aliphatic carbocycles. The third kappa shape index (κ3) is 4.52. The van der Waals surface area contributed by atoms with Crippen molar-refractivity contribution in [2.24, 2.45) is 11.1 Å². The zero-order valence-electron chi connectivity index (χ0n) is 10.9. The molecule has 17 heavy (non-hydrogen) atoms. The van der Waals surface area contributed by atoms with Crippen LogP contribution in [0.4, 0.5) is 5.82 Å². The molecule has 0 aliphatic heterocycles. The minimum atomic E-state index is 0.0937. The molecule has 0 saturated heterocycles. The molecular formula is C13H22ClN3. The highest BCUT2D eigenvalue weighted by Crippen LogP contribution is 2.21. The average molecular weight is 256 g/mol. The van der Waals surface area contributed by atoms with Crippen molar-refractivity contribution >= 4 is 17.4 Å². The van der Waals surface area contributed by atoms with Crippen LogP contribution in [0, 0.1) is 5.41 Å². The Morgan fingerprint density at radius 2 is 2.12 bits per heavy atom. The summed E-state index contributed by atoms with van der Waals surface area (Å²) in [6, 6.07) is 3.84. The van der Waals surface area contributed by atoms with Gasteiger partial charge in [0.05, 0.1) is 5.02 Å². The maximum absolute atomic E-state index is 5.85. The van der Waals surface area contributed by atoms with Crippen molar-refractivity contribution in [1.29, 1.82) is 0 Å². The Balaban J connectivity index is 2.81. The van der Waals surface area contributed by atoms with Crippen molar-refractivity contribution < 1.29 is 0 Å². The second-order valence-electron chi connectivity index (χ2n) is 5.12. The first kappa shape index (κ1) is 14.3. The molecule has 1 rings (SSSR count). The van der Waals surface area contributed by atoms with Gasteiger partial charge in [0.2, 0.25) is 0 Å². The van der Waals surface area contributed by atoms with Gasteiger partial charge in [0.15, 0.2) is 0 Å². The number of nitrogens with two attached hydrogens (primary N) is 1. The van der Waals surface area contributed by atoms with Gasteiger partial charge in [0, 0.05) is 19.3 Å². The van der Waals surface area contributed by atoms with Gasteiger partial charge in [-0.3, -0.25) is 0 Å². The van der Waals surface area contributed by atoms with Gasteiger partial charge in [0.1, 0.15) is 5.82 Å². The van der Waals surface area contributed by atoms with E-state index in [1.807, 2.05) is 12.1 Å². The molecular weight excluding hydrogens is 234 g/mol. The summed E-state index contributed by atoms with van der Waals surface area (Å²) in [4.78, 5) is 6.64. The Labute approximate surface area is 109 Å². The van der Waals surface area contributed by atoms with Gasteiger partial charge in [-0.2, -0.15) is 0 Å². The molecule has 0 aliphatic rings. The molecule has 4 heteroatoms. The van der Waals surface area contributed by atoms with E-state index in [0.717, 1.165) is 25.3 Å². The van der Waals surface area contributed by atoms with Gasteiger partial charge in [-0.25, -0.2) is 4.98 Å². The van der Waals surface area contributed by atoms with Gasteiger partial charge in [0.25, 0.3) is 0 Å². The van der Waals surface area contributed by atoms with Gasteiger partial charge in [-0.15, -0.1) is 0 Å². The van der Waals surface area contributed by atoms with Crippen LogP contribution in [0.2, 0.25) is 5.02 Å². The fraction of sp³-hybridized carbons (Fsp3) is 0.615. The molecule has 0 radical (unpaired) electrons. The Morgan fingerprint density at radius 1 is 1.41 bits per heavy atom. The normalized spacial score (nSPS) is 11.6. The molecule has 0 amide bonds. The van der Waals surface area contributed by atoms with Gasteiger partial charge >= 0.3 is 0 Å². The minimum absolute atomic E-state index is 0.0937. The summed E-state index contributed by atoms with van der Waals surface area (Å²) in [5.41, 5.74) is 5.88. The van der Waals surface area contributed by atoms with Crippen molar-refractivity contribution in [1.82, 2.24) is 4.98 Å². The number of hydrogen-bond acceptors (Lipinski definition) is 3. The van der Waals surface area contributed by atoms with Crippen LogP contribution in [0.1, 0.15) is 27.2 Å². The average Bonchev–Trinajstić information content (AvgIpc) is 2.29. The van der Waals surface area contributed by atoms with E-state index < -0.39 is 0 Å². The predicted octanol–water partition coefficient (Wildman–Crippen LogP) is 2.94. The SMILES string of the molecule is CCCN(CC(C)(C)CN)c1ccc(Cl)cn1. The van der Waals surface area contributed by atoms with Crippen molar-refractivity contribution in [2.45, 2.75) is 27.2 Å². The second kappa shape index (κ2) is 6.22. The number of nitrogens with zero attached hydrogens (tertiary/aromatic N) is 2. The topological polar surface area (TPSA) is 42.1 Å². The molecule has 1 heterocycles. The largest absolute Gasteiger partial charge is 0.356 e. The van der Waals surface area contributed by atoms with Crippen molar-refractivity contribution in [3.63, 3.8) is 0 Å². The number of hydrogen-bond donors (Lipinski definition) is 1. The highest BCUT2D eigenvalue weighted by Gasteiger charge is 2.20. The summed E-state index contributed by atoms with van der Waals surface area (Å²) >= 11 is 5.85. The molecule has 0 spiro atoms. The lowest BCUT2D eigenvalue weighted by molar-refractivity contribution is 0.376. The molecule has 2 N–H and O–H groups in total. The standard InChI is InChI=1S/C13H22ClN3/c1-4-7-17(10-13(2,3)9-15)12-6-5-11(14)8-16-12/h5-6,8H,4,7,9-10,15H2,1-3H3. The number of rotatable bonds is 6. The first-order chi connectivity index (χ1) is 7.98. The Kier molecular flexibility index (Phi) is 5.22. The van der Waals surface area contributed by atoms with Gasteiger partial charge in [-0.1, -0.05) is 32.4 Å². The zero-order chi connectivity index (χ0) is 12.9. The lowest BCUT2D eigenvalue weighted by Gasteiger charge is -2.32. The first-order valence-corrected chi connectivity index (χ1v) is 6.43. The molecule has 1 aromatic rings. The van der Waals surface area contributed by atoms with Crippen LogP contribution in [0.15, 0.2) is 18.3 Å². The van der Waals surface area contributed by atoms with Crippen LogP contribution in [-0.4, -0.2) is 24.6 Å². The molecule has 1 aromatic heterocycles. The van der Waals surface area contributed by atoms with Crippen LogP contribution < -0.4 is 10.6 Å². The minimum Gasteiger partial charge on any atom is -0.356 e. The second-order valence-corrected chi connectivity index (χ2v) is 5.56. The quantitative estimate of drug-likeness (QED) is 0.850. The van der Waals surface area contributed by atoms with E-state index in [-0.39, 0.29) is 5.41 Å². The van der Waals surface area contributed by atoms with Crippen LogP contribution in [0.5, 0.6) is 0 Å². The summed E-state index contributed by atoms with van der Waals surface area (Å²) in [5.74, 6) is 0.970. The molecule has 3 nitrogen and oxygen atoms in total. The third-order valence-electron chi connectivity index (χ3n) is 2.70. The highest BCUT2D eigenvalue weighted by molar-refractivity contribution is 6.30. The Morgan fingerprint density at radius 3 is 2.59 bits per heavy atom. The van der Waals surface area contributed by atoms with E-state index in [0.29, 0.717) is 11.6 Å². The summed E-state index contributed by atoms with van der Waals surface area (Å²) in [6.07, 6.45) is 2.78.